The minimum absolute atomic E-state index is 0.265. The number of hydrogen-bond acceptors (Lipinski definition) is 4. The molecule has 2 aromatic carbocycles. The molecule has 3 N–H and O–H groups in total. The van der Waals surface area contributed by atoms with E-state index in [-0.39, 0.29) is 15.6 Å². The lowest BCUT2D eigenvalue weighted by Crippen LogP contribution is -2.52. The standard InChI is InChI=1S/C17H16ClF3N2O4S/c1-10-3-5-11(6-4-10)23-28(26,27)12-7-8-14(13(18)9-12)22-15(24)16(2,25)17(19,20)21/h3-9,23,25H,1-2H3,(H,22,24). The molecule has 6 nitrogen and oxygen atoms in total. The van der Waals surface area contributed by atoms with Crippen molar-refractivity contribution in [2.24, 2.45) is 0 Å². The first-order valence-electron chi connectivity index (χ1n) is 7.73. The Hall–Kier alpha value is -2.30. The second kappa shape index (κ2) is 7.61. The number of aliphatic hydroxyl groups is 1. The molecule has 0 fully saturated rings. The summed E-state index contributed by atoms with van der Waals surface area (Å²) in [6.07, 6.45) is -5.20. The number of halogens is 4. The number of aryl methyl sites for hydroxylation is 1. The van der Waals surface area contributed by atoms with Gasteiger partial charge in [0.2, 0.25) is 5.60 Å². The Bertz CT molecular complexity index is 990. The monoisotopic (exact) mass is 436 g/mol. The van der Waals surface area contributed by atoms with Gasteiger partial charge in [0.1, 0.15) is 0 Å². The number of carbonyl (C=O) groups excluding carboxylic acids is 1. The zero-order valence-electron chi connectivity index (χ0n) is 14.6. The molecule has 1 atom stereocenters. The van der Waals surface area contributed by atoms with Crippen LogP contribution in [0.4, 0.5) is 24.5 Å². The van der Waals surface area contributed by atoms with Crippen molar-refractivity contribution in [3.05, 3.63) is 53.1 Å². The molecule has 0 aliphatic carbocycles. The second-order valence-electron chi connectivity index (χ2n) is 6.14. The number of rotatable bonds is 5. The lowest BCUT2D eigenvalue weighted by Gasteiger charge is -2.25. The molecule has 1 amide bonds. The number of benzene rings is 2. The van der Waals surface area contributed by atoms with Crippen molar-refractivity contribution in [1.29, 1.82) is 0 Å². The molecule has 2 rings (SSSR count). The Balaban J connectivity index is 2.24. The average Bonchev–Trinajstić information content (AvgIpc) is 2.57. The zero-order chi connectivity index (χ0) is 21.3. The van der Waals surface area contributed by atoms with Gasteiger partial charge in [0.25, 0.3) is 15.9 Å². The summed E-state index contributed by atoms with van der Waals surface area (Å²) in [5, 5.41) is 10.9. The molecule has 0 bridgehead atoms. The van der Waals surface area contributed by atoms with Crippen molar-refractivity contribution in [3.63, 3.8) is 0 Å². The highest BCUT2D eigenvalue weighted by Gasteiger charge is 2.55. The summed E-state index contributed by atoms with van der Waals surface area (Å²) in [4.78, 5) is 11.4. The highest BCUT2D eigenvalue weighted by molar-refractivity contribution is 7.92. The molecule has 1 unspecified atom stereocenters. The van der Waals surface area contributed by atoms with Crippen LogP contribution in [-0.2, 0) is 14.8 Å². The minimum atomic E-state index is -5.20. The Morgan fingerprint density at radius 1 is 1.11 bits per heavy atom. The molecule has 0 aliphatic rings. The Labute approximate surface area is 164 Å². The molecule has 0 spiro atoms. The molecule has 0 saturated heterocycles. The maximum atomic E-state index is 12.7. The van der Waals surface area contributed by atoms with Crippen LogP contribution in [0.1, 0.15) is 12.5 Å². The van der Waals surface area contributed by atoms with Gasteiger partial charge in [-0.1, -0.05) is 29.3 Å². The summed E-state index contributed by atoms with van der Waals surface area (Å²) >= 11 is 5.90. The molecule has 0 heterocycles. The van der Waals surface area contributed by atoms with Crippen molar-refractivity contribution in [1.82, 2.24) is 0 Å². The van der Waals surface area contributed by atoms with Gasteiger partial charge in [0, 0.05) is 5.69 Å². The van der Waals surface area contributed by atoms with Gasteiger partial charge in [0.15, 0.2) is 0 Å². The van der Waals surface area contributed by atoms with Gasteiger partial charge >= 0.3 is 6.18 Å². The highest BCUT2D eigenvalue weighted by atomic mass is 35.5. The van der Waals surface area contributed by atoms with E-state index < -0.39 is 27.7 Å². The first-order valence-corrected chi connectivity index (χ1v) is 9.60. The van der Waals surface area contributed by atoms with Crippen molar-refractivity contribution in [2.75, 3.05) is 10.0 Å². The van der Waals surface area contributed by atoms with Crippen molar-refractivity contribution in [3.8, 4) is 0 Å². The van der Waals surface area contributed by atoms with Crippen LogP contribution in [-0.4, -0.2) is 31.2 Å². The molecular weight excluding hydrogens is 421 g/mol. The van der Waals surface area contributed by atoms with Crippen LogP contribution in [0.2, 0.25) is 5.02 Å². The smallest absolute Gasteiger partial charge is 0.373 e. The average molecular weight is 437 g/mol. The normalized spacial score (nSPS) is 14.2. The SMILES string of the molecule is Cc1ccc(NS(=O)(=O)c2ccc(NC(=O)C(C)(O)C(F)(F)F)c(Cl)c2)cc1. The predicted molar refractivity (Wildman–Crippen MR) is 98.7 cm³/mol. The van der Waals surface area contributed by atoms with Gasteiger partial charge in [-0.05, 0) is 44.2 Å². The molecule has 0 aromatic heterocycles. The van der Waals surface area contributed by atoms with Crippen LogP contribution in [0, 0.1) is 6.92 Å². The van der Waals surface area contributed by atoms with Crippen LogP contribution < -0.4 is 10.0 Å². The summed E-state index contributed by atoms with van der Waals surface area (Å²) in [7, 11) is -4.02. The van der Waals surface area contributed by atoms with E-state index in [1.807, 2.05) is 12.2 Å². The van der Waals surface area contributed by atoms with E-state index >= 15 is 0 Å². The lowest BCUT2D eigenvalue weighted by atomic mass is 10.1. The van der Waals surface area contributed by atoms with E-state index in [4.69, 9.17) is 11.6 Å². The summed E-state index contributed by atoms with van der Waals surface area (Å²) < 4.78 is 65.3. The molecule has 0 saturated carbocycles. The fraction of sp³-hybridized carbons (Fsp3) is 0.235. The second-order valence-corrected chi connectivity index (χ2v) is 8.23. The quantitative estimate of drug-likeness (QED) is 0.666. The maximum absolute atomic E-state index is 12.7. The third-order valence-electron chi connectivity index (χ3n) is 3.80. The van der Waals surface area contributed by atoms with E-state index in [9.17, 15) is 31.5 Å². The molecule has 2 aromatic rings. The molecule has 11 heteroatoms. The van der Waals surface area contributed by atoms with Gasteiger partial charge in [-0.15, -0.1) is 0 Å². The Morgan fingerprint density at radius 2 is 1.68 bits per heavy atom. The number of carbonyl (C=O) groups is 1. The fourth-order valence-electron chi connectivity index (χ4n) is 1.97. The first kappa shape index (κ1) is 22.0. The van der Waals surface area contributed by atoms with Gasteiger partial charge < -0.3 is 10.4 Å². The molecule has 28 heavy (non-hydrogen) atoms. The summed E-state index contributed by atoms with van der Waals surface area (Å²) in [5.41, 5.74) is -2.69. The molecule has 0 aliphatic heterocycles. The van der Waals surface area contributed by atoms with Crippen LogP contribution >= 0.6 is 11.6 Å². The van der Waals surface area contributed by atoms with E-state index in [0.29, 0.717) is 12.6 Å². The molecular formula is C17H16ClF3N2O4S. The largest absolute Gasteiger partial charge is 0.426 e. The van der Waals surface area contributed by atoms with Gasteiger partial charge in [-0.3, -0.25) is 9.52 Å². The van der Waals surface area contributed by atoms with Crippen molar-refractivity contribution in [2.45, 2.75) is 30.5 Å². The van der Waals surface area contributed by atoms with E-state index in [2.05, 4.69) is 4.72 Å². The third-order valence-corrected chi connectivity index (χ3v) is 5.49. The van der Waals surface area contributed by atoms with E-state index in [0.717, 1.165) is 23.8 Å². The third kappa shape index (κ3) is 4.75. The molecule has 0 radical (unpaired) electrons. The lowest BCUT2D eigenvalue weighted by molar-refractivity contribution is -0.242. The minimum Gasteiger partial charge on any atom is -0.373 e. The van der Waals surface area contributed by atoms with E-state index in [1.54, 1.807) is 24.3 Å². The van der Waals surface area contributed by atoms with Gasteiger partial charge in [-0.2, -0.15) is 13.2 Å². The number of nitrogens with one attached hydrogen (secondary N) is 2. The predicted octanol–water partition coefficient (Wildman–Crippen LogP) is 3.70. The van der Waals surface area contributed by atoms with Crippen molar-refractivity contribution < 1.29 is 31.5 Å². The number of anilines is 2. The number of hydrogen-bond donors (Lipinski definition) is 3. The highest BCUT2D eigenvalue weighted by Crippen LogP contribution is 2.33. The summed E-state index contributed by atoms with van der Waals surface area (Å²) in [6.45, 7) is 2.13. The Morgan fingerprint density at radius 3 is 2.18 bits per heavy atom. The number of sulfonamides is 1. The van der Waals surface area contributed by atoms with Crippen LogP contribution in [0.5, 0.6) is 0 Å². The van der Waals surface area contributed by atoms with Crippen LogP contribution in [0.3, 0.4) is 0 Å². The van der Waals surface area contributed by atoms with Crippen molar-refractivity contribution >= 4 is 38.9 Å². The fourth-order valence-corrected chi connectivity index (χ4v) is 3.35. The van der Waals surface area contributed by atoms with Gasteiger partial charge in [0.05, 0.1) is 15.6 Å². The van der Waals surface area contributed by atoms with Crippen LogP contribution in [0.15, 0.2) is 47.4 Å². The topological polar surface area (TPSA) is 95.5 Å². The Kier molecular flexibility index (Phi) is 5.98. The summed E-state index contributed by atoms with van der Waals surface area (Å²) in [5.74, 6) is -1.75. The van der Waals surface area contributed by atoms with Crippen LogP contribution in [0.25, 0.3) is 0 Å². The van der Waals surface area contributed by atoms with E-state index in [1.165, 1.54) is 0 Å². The first-order chi connectivity index (χ1) is 12.7. The molecule has 152 valence electrons. The number of alkyl halides is 3. The number of amides is 1. The summed E-state index contributed by atoms with van der Waals surface area (Å²) in [6, 6.07) is 9.57. The zero-order valence-corrected chi connectivity index (χ0v) is 16.2. The van der Waals surface area contributed by atoms with Gasteiger partial charge in [-0.25, -0.2) is 8.42 Å². The maximum Gasteiger partial charge on any atom is 0.426 e.